The number of rotatable bonds is 7. The van der Waals surface area contributed by atoms with E-state index in [1.54, 1.807) is 16.8 Å². The van der Waals surface area contributed by atoms with Gasteiger partial charge in [-0.25, -0.2) is 4.79 Å². The maximum Gasteiger partial charge on any atom is 0.319 e. The molecule has 6 nitrogen and oxygen atoms in total. The number of carbonyl (C=O) groups excluding carboxylic acids is 1. The number of pyridine rings is 1. The third-order valence-electron chi connectivity index (χ3n) is 3.79. The molecule has 1 unspecified atom stereocenters. The van der Waals surface area contributed by atoms with Crippen molar-refractivity contribution in [1.29, 1.82) is 0 Å². The van der Waals surface area contributed by atoms with Gasteiger partial charge in [-0.2, -0.15) is 0 Å². The van der Waals surface area contributed by atoms with Crippen molar-refractivity contribution in [3.63, 3.8) is 0 Å². The van der Waals surface area contributed by atoms with Crippen molar-refractivity contribution in [2.75, 3.05) is 11.9 Å². The van der Waals surface area contributed by atoms with E-state index >= 15 is 0 Å². The lowest BCUT2D eigenvalue weighted by Gasteiger charge is -2.19. The Kier molecular flexibility index (Phi) is 6.57. The van der Waals surface area contributed by atoms with Gasteiger partial charge in [0.15, 0.2) is 0 Å². The second kappa shape index (κ2) is 8.88. The van der Waals surface area contributed by atoms with Crippen LogP contribution in [0.4, 0.5) is 10.5 Å². The number of amides is 2. The predicted octanol–water partition coefficient (Wildman–Crippen LogP) is 2.47. The summed E-state index contributed by atoms with van der Waals surface area (Å²) in [5, 5.41) is 5.76. The lowest BCUT2D eigenvalue weighted by molar-refractivity contribution is 0.247. The van der Waals surface area contributed by atoms with E-state index in [9.17, 15) is 9.59 Å². The van der Waals surface area contributed by atoms with Crippen LogP contribution in [0.5, 0.6) is 0 Å². The van der Waals surface area contributed by atoms with Crippen LogP contribution in [0.1, 0.15) is 31.4 Å². The number of urea groups is 1. The number of carbonyl (C=O) groups is 1. The molecule has 0 bridgehead atoms. The van der Waals surface area contributed by atoms with Crippen molar-refractivity contribution in [1.82, 2.24) is 9.88 Å². The standard InChI is InChI=1S/C18H24N4O2/c1-2-22-13-15(10-11-17(22)23)20-18(24)21-16(9-6-12-19)14-7-4-3-5-8-14/h3-5,7-8,10-11,13,16H,2,6,9,12,19H2,1H3,(H2,20,21,24). The Morgan fingerprint density at radius 3 is 2.62 bits per heavy atom. The number of aryl methyl sites for hydroxylation is 1. The second-order valence-corrected chi connectivity index (χ2v) is 5.53. The number of nitrogens with one attached hydrogen (secondary N) is 2. The highest BCUT2D eigenvalue weighted by molar-refractivity contribution is 5.89. The van der Waals surface area contributed by atoms with Gasteiger partial charge in [-0.05, 0) is 37.9 Å². The summed E-state index contributed by atoms with van der Waals surface area (Å²) in [6.45, 7) is 3.01. The van der Waals surface area contributed by atoms with E-state index in [1.807, 2.05) is 37.3 Å². The minimum absolute atomic E-state index is 0.0893. The summed E-state index contributed by atoms with van der Waals surface area (Å²) in [6.07, 6.45) is 3.22. The molecule has 2 rings (SSSR count). The van der Waals surface area contributed by atoms with Crippen LogP contribution in [0.2, 0.25) is 0 Å². The monoisotopic (exact) mass is 328 g/mol. The van der Waals surface area contributed by atoms with Crippen LogP contribution in [0, 0.1) is 0 Å². The first-order chi connectivity index (χ1) is 11.6. The fraction of sp³-hybridized carbons (Fsp3) is 0.333. The van der Waals surface area contributed by atoms with Crippen LogP contribution in [0.25, 0.3) is 0 Å². The van der Waals surface area contributed by atoms with Crippen molar-refractivity contribution in [2.45, 2.75) is 32.4 Å². The van der Waals surface area contributed by atoms with Crippen LogP contribution in [-0.4, -0.2) is 17.1 Å². The Hall–Kier alpha value is -2.60. The van der Waals surface area contributed by atoms with Gasteiger partial charge >= 0.3 is 6.03 Å². The van der Waals surface area contributed by atoms with E-state index in [0.29, 0.717) is 18.8 Å². The molecule has 4 N–H and O–H groups in total. The molecular formula is C18H24N4O2. The van der Waals surface area contributed by atoms with Gasteiger partial charge in [0, 0.05) is 18.8 Å². The Bertz CT molecular complexity index is 712. The first-order valence-corrected chi connectivity index (χ1v) is 8.17. The summed E-state index contributed by atoms with van der Waals surface area (Å²) < 4.78 is 1.54. The smallest absolute Gasteiger partial charge is 0.319 e. The van der Waals surface area contributed by atoms with Crippen LogP contribution < -0.4 is 21.9 Å². The SMILES string of the molecule is CCn1cc(NC(=O)NC(CCCN)c2ccccc2)ccc1=O. The van der Waals surface area contributed by atoms with Gasteiger partial charge in [0.05, 0.1) is 11.7 Å². The zero-order valence-electron chi connectivity index (χ0n) is 13.9. The zero-order chi connectivity index (χ0) is 17.4. The molecule has 2 amide bonds. The number of nitrogens with zero attached hydrogens (tertiary/aromatic N) is 1. The Morgan fingerprint density at radius 1 is 1.21 bits per heavy atom. The average molecular weight is 328 g/mol. The molecule has 0 aliphatic rings. The molecule has 0 aliphatic heterocycles. The fourth-order valence-corrected chi connectivity index (χ4v) is 2.51. The molecule has 24 heavy (non-hydrogen) atoms. The van der Waals surface area contributed by atoms with E-state index < -0.39 is 0 Å². The summed E-state index contributed by atoms with van der Waals surface area (Å²) in [5.74, 6) is 0. The molecule has 1 aromatic heterocycles. The van der Waals surface area contributed by atoms with Crippen molar-refractivity contribution >= 4 is 11.7 Å². The van der Waals surface area contributed by atoms with Crippen molar-refractivity contribution in [2.24, 2.45) is 5.73 Å². The highest BCUT2D eigenvalue weighted by atomic mass is 16.2. The third-order valence-corrected chi connectivity index (χ3v) is 3.79. The minimum Gasteiger partial charge on any atom is -0.331 e. The van der Waals surface area contributed by atoms with E-state index in [0.717, 1.165) is 18.4 Å². The lowest BCUT2D eigenvalue weighted by atomic mass is 10.0. The fourth-order valence-electron chi connectivity index (χ4n) is 2.51. The quantitative estimate of drug-likeness (QED) is 0.729. The van der Waals surface area contributed by atoms with Crippen molar-refractivity contribution in [3.8, 4) is 0 Å². The molecule has 0 saturated carbocycles. The predicted molar refractivity (Wildman–Crippen MR) is 96.0 cm³/mol. The molecule has 1 heterocycles. The van der Waals surface area contributed by atoms with Gasteiger partial charge in [0.1, 0.15) is 0 Å². The maximum absolute atomic E-state index is 12.3. The number of hydrogen-bond acceptors (Lipinski definition) is 3. The molecule has 0 saturated heterocycles. The first-order valence-electron chi connectivity index (χ1n) is 8.17. The molecule has 1 aromatic carbocycles. The molecule has 6 heteroatoms. The van der Waals surface area contributed by atoms with Crippen LogP contribution >= 0.6 is 0 Å². The van der Waals surface area contributed by atoms with Gasteiger partial charge in [-0.3, -0.25) is 4.79 Å². The molecule has 128 valence electrons. The molecule has 0 spiro atoms. The van der Waals surface area contributed by atoms with Crippen LogP contribution in [-0.2, 0) is 6.54 Å². The average Bonchev–Trinajstić information content (AvgIpc) is 2.61. The Morgan fingerprint density at radius 2 is 1.96 bits per heavy atom. The molecule has 0 fully saturated rings. The Labute approximate surface area is 141 Å². The normalized spacial score (nSPS) is 11.8. The number of nitrogens with two attached hydrogens (primary N) is 1. The van der Waals surface area contributed by atoms with Crippen molar-refractivity contribution < 1.29 is 4.79 Å². The molecular weight excluding hydrogens is 304 g/mol. The second-order valence-electron chi connectivity index (χ2n) is 5.53. The van der Waals surface area contributed by atoms with E-state index in [1.165, 1.54) is 6.07 Å². The number of hydrogen-bond donors (Lipinski definition) is 3. The molecule has 1 atom stereocenters. The number of benzene rings is 1. The molecule has 2 aromatic rings. The highest BCUT2D eigenvalue weighted by Crippen LogP contribution is 2.18. The van der Waals surface area contributed by atoms with Gasteiger partial charge in [-0.15, -0.1) is 0 Å². The maximum atomic E-state index is 12.3. The summed E-state index contributed by atoms with van der Waals surface area (Å²) in [6, 6.07) is 12.4. The van der Waals surface area contributed by atoms with Gasteiger partial charge in [0.2, 0.25) is 0 Å². The molecule has 0 aliphatic carbocycles. The Balaban J connectivity index is 2.06. The van der Waals surface area contributed by atoms with Crippen molar-refractivity contribution in [3.05, 3.63) is 64.6 Å². The lowest BCUT2D eigenvalue weighted by Crippen LogP contribution is -2.33. The molecule has 0 radical (unpaired) electrons. The highest BCUT2D eigenvalue weighted by Gasteiger charge is 2.14. The minimum atomic E-state index is -0.304. The number of anilines is 1. The van der Waals surface area contributed by atoms with E-state index in [2.05, 4.69) is 10.6 Å². The largest absolute Gasteiger partial charge is 0.331 e. The van der Waals surface area contributed by atoms with E-state index in [-0.39, 0.29) is 17.6 Å². The number of aromatic nitrogens is 1. The zero-order valence-corrected chi connectivity index (χ0v) is 13.9. The van der Waals surface area contributed by atoms with Gasteiger partial charge in [-0.1, -0.05) is 30.3 Å². The van der Waals surface area contributed by atoms with Crippen LogP contribution in [0.15, 0.2) is 53.5 Å². The summed E-state index contributed by atoms with van der Waals surface area (Å²) in [7, 11) is 0. The third kappa shape index (κ3) is 4.96. The van der Waals surface area contributed by atoms with Gasteiger partial charge < -0.3 is 20.9 Å². The topological polar surface area (TPSA) is 89.2 Å². The summed E-state index contributed by atoms with van der Waals surface area (Å²) in [4.78, 5) is 23.9. The van der Waals surface area contributed by atoms with E-state index in [4.69, 9.17) is 5.73 Å². The summed E-state index contributed by atoms with van der Waals surface area (Å²) in [5.41, 5.74) is 7.13. The summed E-state index contributed by atoms with van der Waals surface area (Å²) >= 11 is 0. The first kappa shape index (κ1) is 17.7. The van der Waals surface area contributed by atoms with Gasteiger partial charge in [0.25, 0.3) is 5.56 Å². The van der Waals surface area contributed by atoms with Crippen LogP contribution in [0.3, 0.4) is 0 Å².